The fourth-order valence-electron chi connectivity index (χ4n) is 1.74. The van der Waals surface area contributed by atoms with Gasteiger partial charge in [-0.2, -0.15) is 0 Å². The van der Waals surface area contributed by atoms with E-state index in [2.05, 4.69) is 20.8 Å². The van der Waals surface area contributed by atoms with Crippen LogP contribution in [0.1, 0.15) is 47.0 Å². The predicted molar refractivity (Wildman–Crippen MR) is 54.7 cm³/mol. The minimum Gasteiger partial charge on any atom is -0.481 e. The Morgan fingerprint density at radius 2 is 1.85 bits per heavy atom. The number of carboxylic acids is 1. The van der Waals surface area contributed by atoms with E-state index in [1.165, 1.54) is 0 Å². The minimum absolute atomic E-state index is 0.153. The highest BCUT2D eigenvalue weighted by atomic mass is 16.4. The smallest absolute Gasteiger partial charge is 0.306 e. The molecule has 0 aliphatic rings. The number of carboxylic acid groups (broad SMARTS) is 1. The first-order valence-electron chi connectivity index (χ1n) is 5.21. The van der Waals surface area contributed by atoms with Crippen molar-refractivity contribution in [1.29, 1.82) is 0 Å². The molecule has 0 heterocycles. The van der Waals surface area contributed by atoms with E-state index in [1.807, 2.05) is 6.92 Å². The van der Waals surface area contributed by atoms with E-state index in [1.54, 1.807) is 0 Å². The molecule has 0 radical (unpaired) electrons. The van der Waals surface area contributed by atoms with Gasteiger partial charge in [0.25, 0.3) is 0 Å². The maximum atomic E-state index is 11.0. The third-order valence-electron chi connectivity index (χ3n) is 2.47. The summed E-state index contributed by atoms with van der Waals surface area (Å²) in [5, 5.41) is 9.02. The molecular formula is C11H22O2. The zero-order chi connectivity index (χ0) is 10.4. The topological polar surface area (TPSA) is 37.3 Å². The average Bonchev–Trinajstić information content (AvgIpc) is 1.99. The molecule has 0 bridgehead atoms. The SMILES string of the molecule is CCCC(C)C(CC(C)C)C(=O)O. The molecule has 0 aromatic carbocycles. The highest BCUT2D eigenvalue weighted by Gasteiger charge is 2.24. The number of hydrogen-bond acceptors (Lipinski definition) is 1. The van der Waals surface area contributed by atoms with Crippen molar-refractivity contribution in [2.75, 3.05) is 0 Å². The van der Waals surface area contributed by atoms with Crippen LogP contribution in [0.15, 0.2) is 0 Å². The molecule has 78 valence electrons. The van der Waals surface area contributed by atoms with E-state index in [-0.39, 0.29) is 5.92 Å². The Morgan fingerprint density at radius 1 is 1.31 bits per heavy atom. The predicted octanol–water partition coefficient (Wildman–Crippen LogP) is 3.17. The Bertz CT molecular complexity index is 152. The van der Waals surface area contributed by atoms with E-state index in [0.717, 1.165) is 19.3 Å². The zero-order valence-corrected chi connectivity index (χ0v) is 9.21. The van der Waals surface area contributed by atoms with Gasteiger partial charge in [-0.15, -0.1) is 0 Å². The molecule has 2 nitrogen and oxygen atoms in total. The normalized spacial score (nSPS) is 15.8. The van der Waals surface area contributed by atoms with E-state index in [4.69, 9.17) is 5.11 Å². The zero-order valence-electron chi connectivity index (χ0n) is 9.21. The highest BCUT2D eigenvalue weighted by molar-refractivity contribution is 5.70. The van der Waals surface area contributed by atoms with E-state index >= 15 is 0 Å². The lowest BCUT2D eigenvalue weighted by Crippen LogP contribution is -2.23. The van der Waals surface area contributed by atoms with E-state index < -0.39 is 5.97 Å². The van der Waals surface area contributed by atoms with Crippen LogP contribution in [-0.2, 0) is 4.79 Å². The van der Waals surface area contributed by atoms with Crippen LogP contribution >= 0.6 is 0 Å². The number of hydrogen-bond donors (Lipinski definition) is 1. The second-order valence-corrected chi connectivity index (χ2v) is 4.34. The van der Waals surface area contributed by atoms with Crippen molar-refractivity contribution >= 4 is 5.97 Å². The van der Waals surface area contributed by atoms with Gasteiger partial charge < -0.3 is 5.11 Å². The lowest BCUT2D eigenvalue weighted by molar-refractivity contribution is -0.144. The molecule has 13 heavy (non-hydrogen) atoms. The molecule has 1 N–H and O–H groups in total. The van der Waals surface area contributed by atoms with Crippen LogP contribution in [0.5, 0.6) is 0 Å². The van der Waals surface area contributed by atoms with Gasteiger partial charge in [0.15, 0.2) is 0 Å². The van der Waals surface area contributed by atoms with Crippen LogP contribution in [0, 0.1) is 17.8 Å². The molecule has 0 saturated heterocycles. The first kappa shape index (κ1) is 12.5. The van der Waals surface area contributed by atoms with Crippen molar-refractivity contribution in [3.8, 4) is 0 Å². The van der Waals surface area contributed by atoms with Gasteiger partial charge in [0.1, 0.15) is 0 Å². The van der Waals surface area contributed by atoms with Gasteiger partial charge in [-0.3, -0.25) is 4.79 Å². The molecule has 2 heteroatoms. The maximum Gasteiger partial charge on any atom is 0.306 e. The molecule has 0 aliphatic carbocycles. The van der Waals surface area contributed by atoms with E-state index in [9.17, 15) is 4.79 Å². The summed E-state index contributed by atoms with van der Waals surface area (Å²) in [6.07, 6.45) is 2.89. The van der Waals surface area contributed by atoms with Gasteiger partial charge in [-0.05, 0) is 18.3 Å². The Hall–Kier alpha value is -0.530. The first-order valence-corrected chi connectivity index (χ1v) is 5.21. The summed E-state index contributed by atoms with van der Waals surface area (Å²) in [4.78, 5) is 11.0. The van der Waals surface area contributed by atoms with Crippen molar-refractivity contribution in [2.24, 2.45) is 17.8 Å². The molecule has 0 fully saturated rings. The Kier molecular flexibility index (Phi) is 5.76. The Morgan fingerprint density at radius 3 is 2.15 bits per heavy atom. The molecule has 0 aromatic heterocycles. The highest BCUT2D eigenvalue weighted by Crippen LogP contribution is 2.24. The van der Waals surface area contributed by atoms with Crippen LogP contribution in [0.2, 0.25) is 0 Å². The van der Waals surface area contributed by atoms with Crippen molar-refractivity contribution in [1.82, 2.24) is 0 Å². The number of aliphatic carboxylic acids is 1. The van der Waals surface area contributed by atoms with Crippen LogP contribution in [-0.4, -0.2) is 11.1 Å². The summed E-state index contributed by atoms with van der Waals surface area (Å²) >= 11 is 0. The maximum absolute atomic E-state index is 11.0. The van der Waals surface area contributed by atoms with Crippen molar-refractivity contribution in [2.45, 2.75) is 47.0 Å². The van der Waals surface area contributed by atoms with Crippen molar-refractivity contribution in [3.05, 3.63) is 0 Å². The largest absolute Gasteiger partial charge is 0.481 e. The first-order chi connectivity index (χ1) is 5.99. The summed E-state index contributed by atoms with van der Waals surface area (Å²) in [5.74, 6) is -0.0000869. The fraction of sp³-hybridized carbons (Fsp3) is 0.909. The van der Waals surface area contributed by atoms with Crippen LogP contribution in [0.3, 0.4) is 0 Å². The minimum atomic E-state index is -0.630. The van der Waals surface area contributed by atoms with Crippen LogP contribution < -0.4 is 0 Å². The molecule has 0 rings (SSSR count). The lowest BCUT2D eigenvalue weighted by atomic mass is 9.84. The molecule has 2 atom stereocenters. The molecule has 0 aromatic rings. The average molecular weight is 186 g/mol. The standard InChI is InChI=1S/C11H22O2/c1-5-6-9(4)10(11(12)13)7-8(2)3/h8-10H,5-7H2,1-4H3,(H,12,13). The van der Waals surface area contributed by atoms with Gasteiger partial charge in [-0.1, -0.05) is 40.5 Å². The molecule has 0 saturated carbocycles. The third-order valence-corrected chi connectivity index (χ3v) is 2.47. The molecule has 0 spiro atoms. The second kappa shape index (κ2) is 6.01. The van der Waals surface area contributed by atoms with Crippen LogP contribution in [0.4, 0.5) is 0 Å². The van der Waals surface area contributed by atoms with Gasteiger partial charge >= 0.3 is 5.97 Å². The Balaban J connectivity index is 4.15. The quantitative estimate of drug-likeness (QED) is 0.691. The summed E-state index contributed by atoms with van der Waals surface area (Å²) in [6.45, 7) is 8.30. The molecule has 0 aliphatic heterocycles. The van der Waals surface area contributed by atoms with E-state index in [0.29, 0.717) is 11.8 Å². The van der Waals surface area contributed by atoms with Gasteiger partial charge in [0, 0.05) is 0 Å². The fourth-order valence-corrected chi connectivity index (χ4v) is 1.74. The van der Waals surface area contributed by atoms with Gasteiger partial charge in [0.05, 0.1) is 5.92 Å². The van der Waals surface area contributed by atoms with Gasteiger partial charge in [-0.25, -0.2) is 0 Å². The molecule has 2 unspecified atom stereocenters. The summed E-state index contributed by atoms with van der Waals surface area (Å²) < 4.78 is 0. The van der Waals surface area contributed by atoms with Crippen LogP contribution in [0.25, 0.3) is 0 Å². The Labute approximate surface area is 81.3 Å². The summed E-state index contributed by atoms with van der Waals surface area (Å²) in [6, 6.07) is 0. The lowest BCUT2D eigenvalue weighted by Gasteiger charge is -2.21. The van der Waals surface area contributed by atoms with Crippen molar-refractivity contribution < 1.29 is 9.90 Å². The number of carbonyl (C=O) groups is 1. The summed E-state index contributed by atoms with van der Waals surface area (Å²) in [7, 11) is 0. The molecular weight excluding hydrogens is 164 g/mol. The third kappa shape index (κ3) is 4.91. The summed E-state index contributed by atoms with van der Waals surface area (Å²) in [5.41, 5.74) is 0. The second-order valence-electron chi connectivity index (χ2n) is 4.34. The van der Waals surface area contributed by atoms with Crippen molar-refractivity contribution in [3.63, 3.8) is 0 Å². The monoisotopic (exact) mass is 186 g/mol. The number of rotatable bonds is 6. The molecule has 0 amide bonds. The van der Waals surface area contributed by atoms with Gasteiger partial charge in [0.2, 0.25) is 0 Å².